The summed E-state index contributed by atoms with van der Waals surface area (Å²) in [7, 11) is 0. The van der Waals surface area contributed by atoms with Crippen LogP contribution in [-0.2, 0) is 42.4 Å². The molecule has 55 heavy (non-hydrogen) atoms. The number of nitrogens with zero attached hydrogens (tertiary/aromatic N) is 4. The Labute approximate surface area is 317 Å². The van der Waals surface area contributed by atoms with Crippen molar-refractivity contribution in [3.63, 3.8) is 0 Å². The first-order chi connectivity index (χ1) is 26.4. The van der Waals surface area contributed by atoms with Gasteiger partial charge < -0.3 is 24.4 Å². The first-order valence-electron chi connectivity index (χ1n) is 16.9. The van der Waals surface area contributed by atoms with E-state index in [1.54, 1.807) is 31.2 Å². The van der Waals surface area contributed by atoms with Gasteiger partial charge in [-0.2, -0.15) is 10.4 Å². The van der Waals surface area contributed by atoms with Gasteiger partial charge in [-0.05, 0) is 55.3 Å². The molecule has 1 aliphatic heterocycles. The molecule has 3 atom stereocenters. The van der Waals surface area contributed by atoms with Crippen molar-refractivity contribution in [2.75, 3.05) is 13.2 Å². The average molecular weight is 777 g/mol. The van der Waals surface area contributed by atoms with E-state index in [0.717, 1.165) is 12.1 Å². The molecule has 1 saturated heterocycles. The van der Waals surface area contributed by atoms with Crippen molar-refractivity contribution in [1.29, 1.82) is 5.26 Å². The molecule has 0 spiro atoms. The number of allylic oxidation sites excluding steroid dienone is 2. The number of hydrogen-bond donors (Lipinski definition) is 2. The molecule has 12 nitrogen and oxygen atoms in total. The minimum Gasteiger partial charge on any atom is -0.481 e. The van der Waals surface area contributed by atoms with Crippen LogP contribution in [0.5, 0.6) is 0 Å². The summed E-state index contributed by atoms with van der Waals surface area (Å²) in [5, 5.41) is 30.9. The van der Waals surface area contributed by atoms with Gasteiger partial charge in [0.1, 0.15) is 30.1 Å². The molecule has 2 heterocycles. The maximum Gasteiger partial charge on any atom is 0.339 e. The number of carboxylic acids is 2. The number of carboxylic acid groups (broad SMARTS) is 2. The van der Waals surface area contributed by atoms with E-state index in [1.807, 2.05) is 6.07 Å². The van der Waals surface area contributed by atoms with Gasteiger partial charge in [-0.1, -0.05) is 42.5 Å². The number of benzene rings is 3. The maximum atomic E-state index is 15.9. The van der Waals surface area contributed by atoms with Gasteiger partial charge >= 0.3 is 17.9 Å². The molecule has 1 aliphatic rings. The zero-order valence-corrected chi connectivity index (χ0v) is 30.1. The minimum absolute atomic E-state index is 0.0724. The molecule has 2 N–H and O–H groups in total. The van der Waals surface area contributed by atoms with Gasteiger partial charge in [0.2, 0.25) is 0 Å². The Bertz CT molecular complexity index is 2100. The summed E-state index contributed by atoms with van der Waals surface area (Å²) in [6, 6.07) is 14.8. The molecule has 1 aromatic heterocycles. The predicted molar refractivity (Wildman–Crippen MR) is 193 cm³/mol. The lowest BCUT2D eigenvalue weighted by Gasteiger charge is -2.40. The van der Waals surface area contributed by atoms with Crippen molar-refractivity contribution in [2.24, 2.45) is 5.92 Å². The lowest BCUT2D eigenvalue weighted by Crippen LogP contribution is -2.47. The Morgan fingerprint density at radius 2 is 1.84 bits per heavy atom. The second-order valence-electron chi connectivity index (χ2n) is 12.5. The van der Waals surface area contributed by atoms with Crippen LogP contribution in [0.3, 0.4) is 0 Å². The molecular weight excluding hydrogens is 742 g/mol. The molecule has 3 aromatic carbocycles. The number of carbonyl (C=O) groups is 3. The summed E-state index contributed by atoms with van der Waals surface area (Å²) in [6.45, 7) is 1.72. The monoisotopic (exact) mass is 776 g/mol. The van der Waals surface area contributed by atoms with E-state index in [1.165, 1.54) is 71.6 Å². The quantitative estimate of drug-likeness (QED) is 0.0980. The minimum atomic E-state index is -1.89. The molecule has 0 radical (unpaired) electrons. The second-order valence-corrected chi connectivity index (χ2v) is 14.2. The molecule has 4 aromatic rings. The van der Waals surface area contributed by atoms with Gasteiger partial charge in [0.05, 0.1) is 54.5 Å². The van der Waals surface area contributed by atoms with Crippen LogP contribution in [0.1, 0.15) is 46.0 Å². The number of halogens is 3. The van der Waals surface area contributed by atoms with E-state index in [9.17, 15) is 33.4 Å². The molecule has 0 aliphatic carbocycles. The zero-order chi connectivity index (χ0) is 39.5. The van der Waals surface area contributed by atoms with E-state index in [4.69, 9.17) is 19.5 Å². The number of esters is 1. The van der Waals surface area contributed by atoms with E-state index in [-0.39, 0.29) is 53.7 Å². The van der Waals surface area contributed by atoms with Gasteiger partial charge in [-0.25, -0.2) is 27.6 Å². The van der Waals surface area contributed by atoms with E-state index in [2.05, 4.69) is 10.1 Å². The van der Waals surface area contributed by atoms with Crippen LogP contribution in [0.2, 0.25) is 0 Å². The number of hydrogen-bond acceptors (Lipinski definition) is 10. The Kier molecular flexibility index (Phi) is 13.6. The van der Waals surface area contributed by atoms with Crippen LogP contribution in [0.15, 0.2) is 91.5 Å². The highest BCUT2D eigenvalue weighted by Crippen LogP contribution is 2.42. The summed E-state index contributed by atoms with van der Waals surface area (Å²) in [5.74, 6) is -7.44. The topological polar surface area (TPSA) is 174 Å². The molecule has 1 fully saturated rings. The Morgan fingerprint density at radius 3 is 2.49 bits per heavy atom. The summed E-state index contributed by atoms with van der Waals surface area (Å²) in [5.41, 5.74) is -1.45. The predicted octanol–water partition coefficient (Wildman–Crippen LogP) is 6.17. The fourth-order valence-corrected chi connectivity index (χ4v) is 7.33. The van der Waals surface area contributed by atoms with Crippen molar-refractivity contribution < 1.29 is 52.0 Å². The Balaban J connectivity index is 1.39. The Hall–Kier alpha value is -5.76. The molecule has 5 rings (SSSR count). The first-order valence-corrected chi connectivity index (χ1v) is 17.8. The molecule has 0 amide bonds. The first kappa shape index (κ1) is 40.4. The van der Waals surface area contributed by atoms with E-state index >= 15 is 4.39 Å². The van der Waals surface area contributed by atoms with Crippen molar-refractivity contribution in [1.82, 2.24) is 14.8 Å². The summed E-state index contributed by atoms with van der Waals surface area (Å²) in [4.78, 5) is 41.5. The lowest BCUT2D eigenvalue weighted by atomic mass is 9.88. The normalized spacial score (nSPS) is 18.0. The SMILES string of the molecule is C[C@@H](S[C@H]1CO[C@H](C=CC=Cc2ccc(C#N)cc2F)OC1)[C@@](Cn1cncn1)(OC(=O)c1ccccc1CC(CC(=O)O)C(=O)O)c1ccc(F)cc1F. The molecule has 0 saturated carbocycles. The van der Waals surface area contributed by atoms with Crippen LogP contribution >= 0.6 is 11.8 Å². The van der Waals surface area contributed by atoms with Gasteiger partial charge in [0, 0.05) is 22.4 Å². The number of carbonyl (C=O) groups excluding carboxylic acids is 1. The fourth-order valence-electron chi connectivity index (χ4n) is 5.97. The second kappa shape index (κ2) is 18.5. The highest BCUT2D eigenvalue weighted by molar-refractivity contribution is 8.00. The van der Waals surface area contributed by atoms with Gasteiger partial charge in [0.15, 0.2) is 11.9 Å². The van der Waals surface area contributed by atoms with Crippen LogP contribution in [0, 0.1) is 34.7 Å². The van der Waals surface area contributed by atoms with E-state index in [0.29, 0.717) is 11.6 Å². The summed E-state index contributed by atoms with van der Waals surface area (Å²) < 4.78 is 63.8. The molecular formula is C39H35F3N4O8S. The van der Waals surface area contributed by atoms with Gasteiger partial charge in [-0.15, -0.1) is 11.8 Å². The highest BCUT2D eigenvalue weighted by atomic mass is 32.2. The third kappa shape index (κ3) is 10.5. The van der Waals surface area contributed by atoms with Gasteiger partial charge in [0.25, 0.3) is 0 Å². The molecule has 16 heteroatoms. The third-order valence-electron chi connectivity index (χ3n) is 8.73. The highest BCUT2D eigenvalue weighted by Gasteiger charge is 2.47. The molecule has 1 unspecified atom stereocenters. The smallest absolute Gasteiger partial charge is 0.339 e. The number of rotatable bonds is 16. The maximum absolute atomic E-state index is 15.9. The number of aliphatic carboxylic acids is 2. The third-order valence-corrected chi connectivity index (χ3v) is 10.2. The van der Waals surface area contributed by atoms with Crippen LogP contribution in [0.4, 0.5) is 13.2 Å². The van der Waals surface area contributed by atoms with Crippen LogP contribution < -0.4 is 0 Å². The standard InChI is InChI=1S/C39H35F3N4O8S/c1-24(55-30-19-52-36(53-20-30)9-5-3-6-26-11-10-25(18-43)14-33(26)41)39(21-46-23-44-22-45-46,32-13-12-29(40)17-34(32)42)54-38(51)31-8-4-2-7-27(31)15-28(37(49)50)16-35(47)48/h2-14,17,22-24,28,30,36H,15-16,19-21H2,1H3,(H,47,48)(H,49,50)/t24-,28?,30-,36-,39-/m1/s1. The summed E-state index contributed by atoms with van der Waals surface area (Å²) in [6.07, 6.45) is 7.19. The molecule has 286 valence electrons. The van der Waals surface area contributed by atoms with Crippen LogP contribution in [0.25, 0.3) is 6.08 Å². The van der Waals surface area contributed by atoms with Gasteiger partial charge in [-0.3, -0.25) is 9.59 Å². The number of aromatic nitrogens is 3. The number of nitriles is 1. The van der Waals surface area contributed by atoms with Crippen molar-refractivity contribution in [3.8, 4) is 6.07 Å². The zero-order valence-electron chi connectivity index (χ0n) is 29.3. The molecule has 0 bridgehead atoms. The lowest BCUT2D eigenvalue weighted by molar-refractivity contribution is -0.148. The average Bonchev–Trinajstić information content (AvgIpc) is 3.67. The largest absolute Gasteiger partial charge is 0.481 e. The van der Waals surface area contributed by atoms with Crippen LogP contribution in [-0.4, -0.2) is 72.9 Å². The number of thioether (sulfide) groups is 1. The van der Waals surface area contributed by atoms with Crippen molar-refractivity contribution in [2.45, 2.75) is 48.7 Å². The fraction of sp³-hybridized carbons (Fsp3) is 0.282. The van der Waals surface area contributed by atoms with Crippen molar-refractivity contribution in [3.05, 3.63) is 137 Å². The Morgan fingerprint density at radius 1 is 1.07 bits per heavy atom. The van der Waals surface area contributed by atoms with Crippen molar-refractivity contribution >= 4 is 35.7 Å². The summed E-state index contributed by atoms with van der Waals surface area (Å²) >= 11 is 1.26. The number of ether oxygens (including phenoxy) is 3. The van der Waals surface area contributed by atoms with E-state index < -0.39 is 64.8 Å².